The van der Waals surface area contributed by atoms with Crippen molar-refractivity contribution in [3.8, 4) is 5.69 Å². The Kier molecular flexibility index (Phi) is 6.25. The molecule has 0 spiro atoms. The van der Waals surface area contributed by atoms with Crippen molar-refractivity contribution in [2.24, 2.45) is 0 Å². The fourth-order valence-electron chi connectivity index (χ4n) is 2.98. The molecule has 1 unspecified atom stereocenters. The van der Waals surface area contributed by atoms with Gasteiger partial charge in [-0.15, -0.1) is 11.3 Å². The molecule has 4 rings (SSSR count). The van der Waals surface area contributed by atoms with Crippen LogP contribution in [0.3, 0.4) is 0 Å². The predicted octanol–water partition coefficient (Wildman–Crippen LogP) is 5.21. The van der Waals surface area contributed by atoms with Crippen molar-refractivity contribution in [1.29, 1.82) is 0 Å². The molecule has 0 aliphatic rings. The number of nitrogens with one attached hydrogen (secondary N) is 1. The molecule has 4 nitrogen and oxygen atoms in total. The monoisotopic (exact) mass is 441 g/mol. The van der Waals surface area contributed by atoms with Crippen molar-refractivity contribution < 1.29 is 13.6 Å². The quantitative estimate of drug-likeness (QED) is 0.401. The number of nitrogens with zero attached hydrogens (tertiary/aromatic N) is 2. The highest BCUT2D eigenvalue weighted by atomic mass is 32.2. The molecule has 1 amide bonds. The Hall–Kier alpha value is -2.97. The maximum atomic E-state index is 13.5. The molecular formula is C22H17F2N3OS2. The first-order valence-corrected chi connectivity index (χ1v) is 11.0. The van der Waals surface area contributed by atoms with Gasteiger partial charge < -0.3 is 5.32 Å². The van der Waals surface area contributed by atoms with E-state index in [1.54, 1.807) is 41.2 Å². The van der Waals surface area contributed by atoms with E-state index in [4.69, 9.17) is 0 Å². The third-order valence-electron chi connectivity index (χ3n) is 4.36. The molecule has 0 fully saturated rings. The third-order valence-corrected chi connectivity index (χ3v) is 6.27. The van der Waals surface area contributed by atoms with Gasteiger partial charge in [-0.3, -0.25) is 9.36 Å². The van der Waals surface area contributed by atoms with E-state index in [2.05, 4.69) is 10.3 Å². The van der Waals surface area contributed by atoms with Crippen LogP contribution in [-0.2, 0) is 4.79 Å². The Labute approximate surface area is 180 Å². The van der Waals surface area contributed by atoms with Gasteiger partial charge in [0.2, 0.25) is 5.91 Å². The third kappa shape index (κ3) is 4.77. The van der Waals surface area contributed by atoms with Crippen LogP contribution in [0.4, 0.5) is 8.78 Å². The molecule has 0 aliphatic carbocycles. The van der Waals surface area contributed by atoms with Gasteiger partial charge in [0.15, 0.2) is 5.16 Å². The van der Waals surface area contributed by atoms with Gasteiger partial charge >= 0.3 is 0 Å². The lowest BCUT2D eigenvalue weighted by atomic mass is 10.1. The van der Waals surface area contributed by atoms with E-state index in [1.165, 1.54) is 47.4 Å². The summed E-state index contributed by atoms with van der Waals surface area (Å²) in [6, 6.07) is 15.8. The number of halogens is 2. The first-order chi connectivity index (χ1) is 14.6. The summed E-state index contributed by atoms with van der Waals surface area (Å²) in [4.78, 5) is 17.9. The van der Waals surface area contributed by atoms with Crippen LogP contribution >= 0.6 is 23.1 Å². The second-order valence-corrected chi connectivity index (χ2v) is 8.34. The van der Waals surface area contributed by atoms with Crippen LogP contribution in [0.15, 0.2) is 83.6 Å². The summed E-state index contributed by atoms with van der Waals surface area (Å²) in [7, 11) is 0. The van der Waals surface area contributed by atoms with Crippen LogP contribution in [0.2, 0.25) is 0 Å². The highest BCUT2D eigenvalue weighted by Crippen LogP contribution is 2.27. The average molecular weight is 442 g/mol. The Morgan fingerprint density at radius 2 is 1.93 bits per heavy atom. The molecule has 0 radical (unpaired) electrons. The predicted molar refractivity (Wildman–Crippen MR) is 115 cm³/mol. The summed E-state index contributed by atoms with van der Waals surface area (Å²) in [5.74, 6) is -0.714. The molecule has 152 valence electrons. The number of amides is 1. The molecule has 0 bridgehead atoms. The maximum absolute atomic E-state index is 13.5. The van der Waals surface area contributed by atoms with Gasteiger partial charge in [0, 0.05) is 17.3 Å². The van der Waals surface area contributed by atoms with Gasteiger partial charge in [-0.1, -0.05) is 36.0 Å². The molecule has 30 heavy (non-hydrogen) atoms. The zero-order valence-corrected chi connectivity index (χ0v) is 17.3. The summed E-state index contributed by atoms with van der Waals surface area (Å²) < 4.78 is 28.6. The number of thioether (sulfide) groups is 1. The lowest BCUT2D eigenvalue weighted by Crippen LogP contribution is -2.30. The lowest BCUT2D eigenvalue weighted by molar-refractivity contribution is -0.119. The molecule has 4 aromatic rings. The van der Waals surface area contributed by atoms with E-state index in [0.29, 0.717) is 10.8 Å². The van der Waals surface area contributed by atoms with Gasteiger partial charge in [-0.25, -0.2) is 13.8 Å². The molecule has 2 aromatic heterocycles. The Morgan fingerprint density at radius 1 is 1.10 bits per heavy atom. The van der Waals surface area contributed by atoms with Gasteiger partial charge in [-0.05, 0) is 47.3 Å². The van der Waals surface area contributed by atoms with E-state index < -0.39 is 0 Å². The molecule has 0 saturated carbocycles. The first-order valence-electron chi connectivity index (χ1n) is 9.10. The molecule has 2 heterocycles. The second kappa shape index (κ2) is 9.23. The van der Waals surface area contributed by atoms with Crippen molar-refractivity contribution in [1.82, 2.24) is 14.9 Å². The van der Waals surface area contributed by atoms with Crippen molar-refractivity contribution in [2.75, 3.05) is 5.75 Å². The molecule has 1 N–H and O–H groups in total. The van der Waals surface area contributed by atoms with E-state index in [1.807, 2.05) is 17.5 Å². The van der Waals surface area contributed by atoms with Crippen LogP contribution in [0.5, 0.6) is 0 Å². The van der Waals surface area contributed by atoms with Gasteiger partial charge in [0.1, 0.15) is 11.6 Å². The zero-order valence-electron chi connectivity index (χ0n) is 15.7. The molecule has 0 aliphatic heterocycles. The number of rotatable bonds is 7. The van der Waals surface area contributed by atoms with E-state index in [9.17, 15) is 13.6 Å². The SMILES string of the molecule is O=C(CSc1nccn1-c1cccc(F)c1)NC(c1ccc(F)cc1)c1cccs1. The molecule has 8 heteroatoms. The van der Waals surface area contributed by atoms with Crippen molar-refractivity contribution in [3.63, 3.8) is 0 Å². The normalized spacial score (nSPS) is 11.9. The van der Waals surface area contributed by atoms with Gasteiger partial charge in [-0.2, -0.15) is 0 Å². The average Bonchev–Trinajstić information content (AvgIpc) is 3.43. The summed E-state index contributed by atoms with van der Waals surface area (Å²) in [5, 5.41) is 5.54. The molecule has 0 saturated heterocycles. The molecular weight excluding hydrogens is 424 g/mol. The Morgan fingerprint density at radius 3 is 2.67 bits per heavy atom. The molecule has 1 atom stereocenters. The standard InChI is InChI=1S/C22H17F2N3OS2/c23-16-8-6-15(7-9-16)21(19-5-2-12-29-19)26-20(28)14-30-22-25-10-11-27(22)18-4-1-3-17(24)13-18/h1-13,21H,14H2,(H,26,28). The van der Waals surface area contributed by atoms with Crippen LogP contribution < -0.4 is 5.32 Å². The lowest BCUT2D eigenvalue weighted by Gasteiger charge is -2.18. The zero-order chi connectivity index (χ0) is 20.9. The largest absolute Gasteiger partial charge is 0.344 e. The summed E-state index contributed by atoms with van der Waals surface area (Å²) >= 11 is 2.78. The highest BCUT2D eigenvalue weighted by Gasteiger charge is 2.19. The van der Waals surface area contributed by atoms with Crippen LogP contribution in [0.1, 0.15) is 16.5 Å². The van der Waals surface area contributed by atoms with Crippen molar-refractivity contribution >= 4 is 29.0 Å². The number of thiophene rings is 1. The molecule has 2 aromatic carbocycles. The Bertz CT molecular complexity index is 1130. The topological polar surface area (TPSA) is 46.9 Å². The van der Waals surface area contributed by atoms with Crippen molar-refractivity contribution in [2.45, 2.75) is 11.2 Å². The fraction of sp³-hybridized carbons (Fsp3) is 0.0909. The minimum absolute atomic E-state index is 0.134. The smallest absolute Gasteiger partial charge is 0.231 e. The second-order valence-electron chi connectivity index (χ2n) is 6.42. The number of benzene rings is 2. The van der Waals surface area contributed by atoms with E-state index >= 15 is 0 Å². The minimum atomic E-state index is -0.360. The van der Waals surface area contributed by atoms with E-state index in [0.717, 1.165) is 10.4 Å². The van der Waals surface area contributed by atoms with Crippen molar-refractivity contribution in [3.05, 3.63) is 101 Å². The Balaban J connectivity index is 1.46. The van der Waals surface area contributed by atoms with E-state index in [-0.39, 0.29) is 29.3 Å². The number of imidazole rings is 1. The number of hydrogen-bond donors (Lipinski definition) is 1. The minimum Gasteiger partial charge on any atom is -0.344 e. The summed E-state index contributed by atoms with van der Waals surface area (Å²) in [6.07, 6.45) is 3.33. The number of hydrogen-bond acceptors (Lipinski definition) is 4. The maximum Gasteiger partial charge on any atom is 0.231 e. The van der Waals surface area contributed by atoms with Gasteiger partial charge in [0.05, 0.1) is 17.5 Å². The summed E-state index contributed by atoms with van der Waals surface area (Å²) in [5.41, 5.74) is 1.44. The van der Waals surface area contributed by atoms with Crippen LogP contribution in [-0.4, -0.2) is 21.2 Å². The number of carbonyl (C=O) groups is 1. The van der Waals surface area contributed by atoms with Crippen LogP contribution in [0.25, 0.3) is 5.69 Å². The van der Waals surface area contributed by atoms with Crippen LogP contribution in [0, 0.1) is 11.6 Å². The van der Waals surface area contributed by atoms with Gasteiger partial charge in [0.25, 0.3) is 0 Å². The fourth-order valence-corrected chi connectivity index (χ4v) is 4.57. The number of aromatic nitrogens is 2. The summed E-state index contributed by atoms with van der Waals surface area (Å²) in [6.45, 7) is 0. The number of carbonyl (C=O) groups excluding carboxylic acids is 1. The highest BCUT2D eigenvalue weighted by molar-refractivity contribution is 7.99. The first kappa shape index (κ1) is 20.3.